The number of nitrogens with two attached hydrogens (primary N) is 1. The second-order valence-corrected chi connectivity index (χ2v) is 4.10. The van der Waals surface area contributed by atoms with Crippen molar-refractivity contribution in [1.29, 1.82) is 0 Å². The molecule has 2 N–H and O–H groups in total. The maximum Gasteiger partial charge on any atom is 0.235 e. The van der Waals surface area contributed by atoms with Gasteiger partial charge in [0.15, 0.2) is 0 Å². The van der Waals surface area contributed by atoms with Gasteiger partial charge in [0.2, 0.25) is 5.91 Å². The number of thiazole rings is 1. The van der Waals surface area contributed by atoms with Crippen molar-refractivity contribution in [1.82, 2.24) is 4.98 Å². The van der Waals surface area contributed by atoms with Gasteiger partial charge in [-0.05, 0) is 18.6 Å². The molecule has 1 atom stereocenters. The topological polar surface area (TPSA) is 69.1 Å². The molecule has 0 radical (unpaired) electrons. The van der Waals surface area contributed by atoms with Crippen LogP contribution >= 0.6 is 11.3 Å². The number of rotatable bonds is 3. The number of hydrogen-bond donors (Lipinski definition) is 1. The van der Waals surface area contributed by atoms with Crippen molar-refractivity contribution in [2.24, 2.45) is 5.73 Å². The lowest BCUT2D eigenvalue weighted by atomic mass is 10.0. The highest BCUT2D eigenvalue weighted by atomic mass is 32.1. The molecule has 0 spiro atoms. The third-order valence-corrected chi connectivity index (χ3v) is 2.99. The first kappa shape index (κ1) is 9.92. The predicted octanol–water partition coefficient (Wildman–Crippen LogP) is 1.66. The summed E-state index contributed by atoms with van der Waals surface area (Å²) in [6.45, 7) is 1.88. The van der Waals surface area contributed by atoms with Crippen molar-refractivity contribution < 1.29 is 9.21 Å². The molecule has 0 saturated heterocycles. The number of carbonyl (C=O) groups is 1. The summed E-state index contributed by atoms with van der Waals surface area (Å²) in [7, 11) is 0. The number of nitrogens with zero attached hydrogens (tertiary/aromatic N) is 1. The Hall–Kier alpha value is -1.62. The molecule has 0 aliphatic carbocycles. The summed E-state index contributed by atoms with van der Waals surface area (Å²) in [6.07, 6.45) is 3.20. The van der Waals surface area contributed by atoms with Gasteiger partial charge in [-0.15, -0.1) is 11.3 Å². The van der Waals surface area contributed by atoms with E-state index in [9.17, 15) is 4.79 Å². The van der Waals surface area contributed by atoms with Crippen molar-refractivity contribution in [3.63, 3.8) is 0 Å². The Labute approximate surface area is 90.7 Å². The molecule has 0 bridgehead atoms. The maximum absolute atomic E-state index is 11.4. The third-order valence-electron chi connectivity index (χ3n) is 2.15. The Morgan fingerprint density at radius 2 is 2.47 bits per heavy atom. The molecule has 78 valence electrons. The standard InChI is InChI=1S/C10H10N2O2S/c1-6-2-4-14-8(6)7(9(11)13)10-12-3-5-15-10/h2-5,7H,1H3,(H2,11,13). The summed E-state index contributed by atoms with van der Waals surface area (Å²) in [5, 5.41) is 2.48. The van der Waals surface area contributed by atoms with Crippen LogP contribution in [0.15, 0.2) is 28.3 Å². The Balaban J connectivity index is 2.46. The average Bonchev–Trinajstić information content (AvgIpc) is 2.79. The fourth-order valence-electron chi connectivity index (χ4n) is 1.42. The Morgan fingerprint density at radius 1 is 1.67 bits per heavy atom. The normalized spacial score (nSPS) is 12.6. The van der Waals surface area contributed by atoms with Gasteiger partial charge in [-0.3, -0.25) is 4.79 Å². The van der Waals surface area contributed by atoms with Crippen LogP contribution in [0.3, 0.4) is 0 Å². The molecule has 2 aromatic rings. The van der Waals surface area contributed by atoms with Crippen molar-refractivity contribution in [3.8, 4) is 0 Å². The zero-order valence-corrected chi connectivity index (χ0v) is 8.95. The van der Waals surface area contributed by atoms with Crippen molar-refractivity contribution in [2.75, 3.05) is 0 Å². The first-order valence-electron chi connectivity index (χ1n) is 4.43. The van der Waals surface area contributed by atoms with Gasteiger partial charge in [-0.2, -0.15) is 0 Å². The van der Waals surface area contributed by atoms with Gasteiger partial charge in [-0.1, -0.05) is 0 Å². The molecule has 0 saturated carbocycles. The highest BCUT2D eigenvalue weighted by Crippen LogP contribution is 2.28. The van der Waals surface area contributed by atoms with Gasteiger partial charge in [0.25, 0.3) is 0 Å². The number of amides is 1. The lowest BCUT2D eigenvalue weighted by Crippen LogP contribution is -2.22. The average molecular weight is 222 g/mol. The van der Waals surface area contributed by atoms with E-state index in [0.717, 1.165) is 5.56 Å². The third kappa shape index (κ3) is 1.78. The molecule has 0 aliphatic heterocycles. The fourth-order valence-corrected chi connectivity index (χ4v) is 2.16. The molecule has 0 aromatic carbocycles. The quantitative estimate of drug-likeness (QED) is 0.858. The zero-order chi connectivity index (χ0) is 10.8. The van der Waals surface area contributed by atoms with Gasteiger partial charge >= 0.3 is 0 Å². The molecule has 2 heterocycles. The second kappa shape index (κ2) is 3.86. The number of primary amides is 1. The van der Waals surface area contributed by atoms with E-state index in [1.54, 1.807) is 18.5 Å². The molecule has 0 aliphatic rings. The minimum absolute atomic E-state index is 0.442. The van der Waals surface area contributed by atoms with Crippen LogP contribution in [0.5, 0.6) is 0 Å². The van der Waals surface area contributed by atoms with Gasteiger partial charge in [0.05, 0.1) is 6.26 Å². The molecule has 1 amide bonds. The van der Waals surface area contributed by atoms with E-state index in [0.29, 0.717) is 10.8 Å². The summed E-state index contributed by atoms with van der Waals surface area (Å²) in [4.78, 5) is 15.5. The summed E-state index contributed by atoms with van der Waals surface area (Å²) in [6, 6.07) is 1.80. The Bertz CT molecular complexity index is 461. The van der Waals surface area contributed by atoms with Crippen LogP contribution in [0.2, 0.25) is 0 Å². The molecule has 1 unspecified atom stereocenters. The first-order chi connectivity index (χ1) is 7.20. The van der Waals surface area contributed by atoms with Crippen LogP contribution in [0, 0.1) is 6.92 Å². The van der Waals surface area contributed by atoms with Crippen LogP contribution < -0.4 is 5.73 Å². The van der Waals surface area contributed by atoms with Gasteiger partial charge in [0.1, 0.15) is 16.7 Å². The van der Waals surface area contributed by atoms with Crippen molar-refractivity contribution in [3.05, 3.63) is 40.2 Å². The van der Waals surface area contributed by atoms with Crippen molar-refractivity contribution >= 4 is 17.2 Å². The second-order valence-electron chi connectivity index (χ2n) is 3.17. The number of carbonyl (C=O) groups excluding carboxylic acids is 1. The molecule has 4 nitrogen and oxygen atoms in total. The highest BCUT2D eigenvalue weighted by Gasteiger charge is 2.27. The maximum atomic E-state index is 11.4. The first-order valence-corrected chi connectivity index (χ1v) is 5.31. The van der Waals surface area contributed by atoms with E-state index in [4.69, 9.17) is 10.2 Å². The Morgan fingerprint density at radius 3 is 2.93 bits per heavy atom. The number of aromatic nitrogens is 1. The van der Waals surface area contributed by atoms with Crippen LogP contribution in [0.4, 0.5) is 0 Å². The summed E-state index contributed by atoms with van der Waals surface area (Å²) >= 11 is 1.39. The molecule has 2 aromatic heterocycles. The predicted molar refractivity (Wildman–Crippen MR) is 56.6 cm³/mol. The van der Waals surface area contributed by atoms with E-state index in [-0.39, 0.29) is 0 Å². The van der Waals surface area contributed by atoms with E-state index >= 15 is 0 Å². The highest BCUT2D eigenvalue weighted by molar-refractivity contribution is 7.09. The largest absolute Gasteiger partial charge is 0.468 e. The van der Waals surface area contributed by atoms with Crippen LogP contribution in [0.25, 0.3) is 0 Å². The minimum atomic E-state index is -0.569. The summed E-state index contributed by atoms with van der Waals surface area (Å²) < 4.78 is 5.28. The number of furan rings is 1. The lowest BCUT2D eigenvalue weighted by Gasteiger charge is -2.08. The summed E-state index contributed by atoms with van der Waals surface area (Å²) in [5.74, 6) is -0.430. The SMILES string of the molecule is Cc1ccoc1C(C(N)=O)c1nccs1. The molecule has 5 heteroatoms. The molecular formula is C10H10N2O2S. The lowest BCUT2D eigenvalue weighted by molar-refractivity contribution is -0.118. The molecular weight excluding hydrogens is 212 g/mol. The van der Waals surface area contributed by atoms with E-state index in [1.807, 2.05) is 12.3 Å². The van der Waals surface area contributed by atoms with E-state index in [1.165, 1.54) is 11.3 Å². The molecule has 2 rings (SSSR count). The number of hydrogen-bond acceptors (Lipinski definition) is 4. The summed E-state index contributed by atoms with van der Waals surface area (Å²) in [5.41, 5.74) is 6.27. The molecule has 0 fully saturated rings. The monoisotopic (exact) mass is 222 g/mol. The fraction of sp³-hybridized carbons (Fsp3) is 0.200. The van der Waals surface area contributed by atoms with Crippen LogP contribution in [0.1, 0.15) is 22.2 Å². The van der Waals surface area contributed by atoms with E-state index in [2.05, 4.69) is 4.98 Å². The van der Waals surface area contributed by atoms with Crippen molar-refractivity contribution in [2.45, 2.75) is 12.8 Å². The number of aryl methyl sites for hydroxylation is 1. The van der Waals surface area contributed by atoms with Gasteiger partial charge in [0, 0.05) is 11.6 Å². The van der Waals surface area contributed by atoms with Gasteiger partial charge < -0.3 is 10.2 Å². The van der Waals surface area contributed by atoms with Crippen LogP contribution in [-0.2, 0) is 4.79 Å². The molecule has 15 heavy (non-hydrogen) atoms. The van der Waals surface area contributed by atoms with Gasteiger partial charge in [-0.25, -0.2) is 4.98 Å². The zero-order valence-electron chi connectivity index (χ0n) is 8.14. The van der Waals surface area contributed by atoms with Crippen LogP contribution in [-0.4, -0.2) is 10.9 Å². The minimum Gasteiger partial charge on any atom is -0.468 e. The van der Waals surface area contributed by atoms with E-state index < -0.39 is 11.8 Å². The smallest absolute Gasteiger partial charge is 0.235 e. The Kier molecular flexibility index (Phi) is 2.55.